The third-order valence-electron chi connectivity index (χ3n) is 2.57. The quantitative estimate of drug-likeness (QED) is 0.597. The Morgan fingerprint density at radius 3 is 2.23 bits per heavy atom. The summed E-state index contributed by atoms with van der Waals surface area (Å²) in [6.45, 7) is 8.73. The largest absolute Gasteiger partial charge is 0.0772 e. The summed E-state index contributed by atoms with van der Waals surface area (Å²) >= 11 is 0. The molecule has 13 heavy (non-hydrogen) atoms. The number of benzene rings is 1. The van der Waals surface area contributed by atoms with Crippen LogP contribution in [0.5, 0.6) is 0 Å². The number of aryl methyl sites for hydroxylation is 1. The smallest absolute Gasteiger partial charge is 0.00648 e. The van der Waals surface area contributed by atoms with E-state index in [1.807, 2.05) is 0 Å². The molecule has 0 atom stereocenters. The first-order valence-corrected chi connectivity index (χ1v) is 4.78. The molecule has 0 fully saturated rings. The van der Waals surface area contributed by atoms with Crippen LogP contribution in [0.15, 0.2) is 35.4 Å². The van der Waals surface area contributed by atoms with Crippen LogP contribution in [-0.2, 0) is 6.42 Å². The summed E-state index contributed by atoms with van der Waals surface area (Å²) in [5, 5.41) is 0. The molecule has 0 saturated carbocycles. The fourth-order valence-corrected chi connectivity index (χ4v) is 1.27. The van der Waals surface area contributed by atoms with Gasteiger partial charge in [-0.25, -0.2) is 0 Å². The molecule has 0 bridgehead atoms. The van der Waals surface area contributed by atoms with Gasteiger partial charge in [-0.3, -0.25) is 0 Å². The number of rotatable bonds is 2. The van der Waals surface area contributed by atoms with Crippen LogP contribution < -0.4 is 0 Å². The molecule has 0 radical (unpaired) electrons. The lowest BCUT2D eigenvalue weighted by molar-refractivity contribution is 1.07. The monoisotopic (exact) mass is 174 g/mol. The third kappa shape index (κ3) is 2.73. The second kappa shape index (κ2) is 4.27. The first kappa shape index (κ1) is 10.0. The van der Waals surface area contributed by atoms with Crippen molar-refractivity contribution in [1.29, 1.82) is 0 Å². The van der Waals surface area contributed by atoms with Gasteiger partial charge < -0.3 is 0 Å². The minimum atomic E-state index is 1.09. The van der Waals surface area contributed by atoms with E-state index in [2.05, 4.69) is 52.0 Å². The molecule has 0 aromatic heterocycles. The van der Waals surface area contributed by atoms with Crippen molar-refractivity contribution in [1.82, 2.24) is 0 Å². The van der Waals surface area contributed by atoms with Gasteiger partial charge in [-0.1, -0.05) is 35.4 Å². The van der Waals surface area contributed by atoms with Crippen LogP contribution in [-0.4, -0.2) is 0 Å². The molecule has 0 amide bonds. The lowest BCUT2D eigenvalue weighted by Gasteiger charge is -2.07. The van der Waals surface area contributed by atoms with E-state index in [-0.39, 0.29) is 0 Å². The van der Waals surface area contributed by atoms with E-state index in [4.69, 9.17) is 0 Å². The molecule has 0 aliphatic rings. The fourth-order valence-electron chi connectivity index (χ4n) is 1.27. The van der Waals surface area contributed by atoms with Crippen LogP contribution in [0.3, 0.4) is 0 Å². The van der Waals surface area contributed by atoms with Crippen LogP contribution in [0, 0.1) is 6.92 Å². The Bertz CT molecular complexity index is 315. The van der Waals surface area contributed by atoms with E-state index < -0.39 is 0 Å². The van der Waals surface area contributed by atoms with Crippen molar-refractivity contribution in [2.75, 3.05) is 0 Å². The van der Waals surface area contributed by atoms with Crippen LogP contribution in [0.25, 0.3) is 0 Å². The van der Waals surface area contributed by atoms with E-state index in [0.29, 0.717) is 0 Å². The Kier molecular flexibility index (Phi) is 3.30. The molecule has 1 aromatic rings. The van der Waals surface area contributed by atoms with E-state index in [1.54, 1.807) is 0 Å². The number of hydrogen-bond acceptors (Lipinski definition) is 0. The minimum absolute atomic E-state index is 1.09. The average Bonchev–Trinajstić information content (AvgIpc) is 2.08. The summed E-state index contributed by atoms with van der Waals surface area (Å²) in [7, 11) is 0. The molecule has 1 rings (SSSR count). The minimum Gasteiger partial charge on any atom is -0.0772 e. The number of hydrogen-bond donors (Lipinski definition) is 0. The Morgan fingerprint density at radius 1 is 1.08 bits per heavy atom. The van der Waals surface area contributed by atoms with Gasteiger partial charge in [-0.15, -0.1) is 0 Å². The number of allylic oxidation sites excluding steroid dienone is 2. The molecule has 0 aliphatic carbocycles. The zero-order chi connectivity index (χ0) is 9.84. The zero-order valence-electron chi connectivity index (χ0n) is 9.02. The molecule has 0 spiro atoms. The van der Waals surface area contributed by atoms with Crippen LogP contribution in [0.2, 0.25) is 0 Å². The van der Waals surface area contributed by atoms with E-state index in [1.165, 1.54) is 22.3 Å². The Hall–Kier alpha value is -1.04. The molecule has 1 aromatic carbocycles. The maximum absolute atomic E-state index is 2.21. The molecule has 0 nitrogen and oxygen atoms in total. The maximum Gasteiger partial charge on any atom is -0.00648 e. The summed E-state index contributed by atoms with van der Waals surface area (Å²) in [4.78, 5) is 0. The van der Waals surface area contributed by atoms with Gasteiger partial charge in [0.2, 0.25) is 0 Å². The highest BCUT2D eigenvalue weighted by Crippen LogP contribution is 2.14. The topological polar surface area (TPSA) is 0 Å². The zero-order valence-corrected chi connectivity index (χ0v) is 9.02. The lowest BCUT2D eigenvalue weighted by atomic mass is 9.99. The molecule has 0 unspecified atom stereocenters. The summed E-state index contributed by atoms with van der Waals surface area (Å²) in [5.41, 5.74) is 5.75. The predicted molar refractivity (Wildman–Crippen MR) is 58.9 cm³/mol. The van der Waals surface area contributed by atoms with Crippen molar-refractivity contribution in [2.24, 2.45) is 0 Å². The first-order valence-electron chi connectivity index (χ1n) is 4.78. The third-order valence-corrected chi connectivity index (χ3v) is 2.57. The van der Waals surface area contributed by atoms with Crippen molar-refractivity contribution < 1.29 is 0 Å². The van der Waals surface area contributed by atoms with Crippen molar-refractivity contribution in [3.05, 3.63) is 46.5 Å². The van der Waals surface area contributed by atoms with Gasteiger partial charge in [0.25, 0.3) is 0 Å². The highest BCUT2D eigenvalue weighted by Gasteiger charge is 1.98. The second-order valence-corrected chi connectivity index (χ2v) is 3.88. The van der Waals surface area contributed by atoms with Crippen LogP contribution >= 0.6 is 0 Å². The van der Waals surface area contributed by atoms with Crippen molar-refractivity contribution in [2.45, 2.75) is 34.1 Å². The van der Waals surface area contributed by atoms with Gasteiger partial charge in [-0.2, -0.15) is 0 Å². The average molecular weight is 174 g/mol. The van der Waals surface area contributed by atoms with Gasteiger partial charge in [-0.05, 0) is 45.2 Å². The molecule has 0 heterocycles. The van der Waals surface area contributed by atoms with Gasteiger partial charge in [0.15, 0.2) is 0 Å². The summed E-state index contributed by atoms with van der Waals surface area (Å²) < 4.78 is 0. The van der Waals surface area contributed by atoms with E-state index >= 15 is 0 Å². The molecular formula is C13H18. The molecule has 0 heteroatoms. The summed E-state index contributed by atoms with van der Waals surface area (Å²) in [5.74, 6) is 0. The highest BCUT2D eigenvalue weighted by molar-refractivity contribution is 5.30. The lowest BCUT2D eigenvalue weighted by Crippen LogP contribution is -1.91. The normalized spacial score (nSPS) is 9.85. The molecule has 0 aliphatic heterocycles. The Labute approximate surface area is 81.3 Å². The Balaban J connectivity index is 2.87. The fraction of sp³-hybridized carbons (Fsp3) is 0.385. The van der Waals surface area contributed by atoms with E-state index in [9.17, 15) is 0 Å². The maximum atomic E-state index is 2.21. The van der Waals surface area contributed by atoms with Crippen molar-refractivity contribution >= 4 is 0 Å². The van der Waals surface area contributed by atoms with Gasteiger partial charge in [0, 0.05) is 0 Å². The first-order chi connectivity index (χ1) is 6.11. The predicted octanol–water partition coefficient (Wildman–Crippen LogP) is 3.89. The molecule has 0 saturated heterocycles. The molecule has 70 valence electrons. The second-order valence-electron chi connectivity index (χ2n) is 3.88. The summed E-state index contributed by atoms with van der Waals surface area (Å²) in [6.07, 6.45) is 1.09. The van der Waals surface area contributed by atoms with Gasteiger partial charge >= 0.3 is 0 Å². The highest BCUT2D eigenvalue weighted by atomic mass is 14.0. The SMILES string of the molecule is CC(C)=C(C)Cc1ccccc1C. The standard InChI is InChI=1S/C13H18/c1-10(2)12(4)9-13-8-6-5-7-11(13)3/h5-8H,9H2,1-4H3. The van der Waals surface area contributed by atoms with Crippen LogP contribution in [0.1, 0.15) is 31.9 Å². The Morgan fingerprint density at radius 2 is 1.69 bits per heavy atom. The van der Waals surface area contributed by atoms with Crippen LogP contribution in [0.4, 0.5) is 0 Å². The van der Waals surface area contributed by atoms with Crippen molar-refractivity contribution in [3.8, 4) is 0 Å². The molecular weight excluding hydrogens is 156 g/mol. The van der Waals surface area contributed by atoms with E-state index in [0.717, 1.165) is 6.42 Å². The van der Waals surface area contributed by atoms with Crippen molar-refractivity contribution in [3.63, 3.8) is 0 Å². The van der Waals surface area contributed by atoms with Gasteiger partial charge in [0.1, 0.15) is 0 Å². The molecule has 0 N–H and O–H groups in total. The summed E-state index contributed by atoms with van der Waals surface area (Å²) in [6, 6.07) is 8.59. The van der Waals surface area contributed by atoms with Gasteiger partial charge in [0.05, 0.1) is 0 Å².